The standard InChI is InChI=1S/C17H21FN4O2S/c1-2-22(14-8-10-25(23,24)12-14)16-7-9-19-17(21-16)20-11-13-5-3-4-6-15(13)18/h3-7,9,14H,2,8,10-12H2,1H3,(H,19,20,21). The molecule has 1 aromatic heterocycles. The first-order chi connectivity index (χ1) is 12.0. The molecule has 8 heteroatoms. The van der Waals surface area contributed by atoms with Crippen LogP contribution in [0.1, 0.15) is 18.9 Å². The third kappa shape index (κ3) is 4.25. The highest BCUT2D eigenvalue weighted by Gasteiger charge is 2.32. The van der Waals surface area contributed by atoms with Gasteiger partial charge in [-0.05, 0) is 25.5 Å². The SMILES string of the molecule is CCN(c1ccnc(NCc2ccccc2F)n1)C1CCS(=O)(=O)C1. The summed E-state index contributed by atoms with van der Waals surface area (Å²) in [6.07, 6.45) is 2.23. The fourth-order valence-electron chi connectivity index (χ4n) is 3.04. The van der Waals surface area contributed by atoms with Crippen molar-refractivity contribution in [3.8, 4) is 0 Å². The van der Waals surface area contributed by atoms with Gasteiger partial charge >= 0.3 is 0 Å². The van der Waals surface area contributed by atoms with E-state index < -0.39 is 9.84 Å². The molecule has 0 bridgehead atoms. The smallest absolute Gasteiger partial charge is 0.224 e. The number of sulfone groups is 1. The predicted molar refractivity (Wildman–Crippen MR) is 95.8 cm³/mol. The number of aromatic nitrogens is 2. The minimum Gasteiger partial charge on any atom is -0.353 e. The molecule has 2 heterocycles. The molecular weight excluding hydrogens is 343 g/mol. The molecule has 6 nitrogen and oxygen atoms in total. The second kappa shape index (κ2) is 7.35. The summed E-state index contributed by atoms with van der Waals surface area (Å²) < 4.78 is 37.2. The lowest BCUT2D eigenvalue weighted by atomic mass is 10.2. The Bertz CT molecular complexity index is 844. The fourth-order valence-corrected chi connectivity index (χ4v) is 4.77. The maximum absolute atomic E-state index is 13.7. The van der Waals surface area contributed by atoms with Crippen LogP contribution in [0.2, 0.25) is 0 Å². The monoisotopic (exact) mass is 364 g/mol. The predicted octanol–water partition coefficient (Wildman–Crippen LogP) is 2.24. The molecule has 0 radical (unpaired) electrons. The molecule has 3 rings (SSSR count). The summed E-state index contributed by atoms with van der Waals surface area (Å²) in [6, 6.07) is 8.23. The molecule has 1 saturated heterocycles. The Labute approximate surface area is 147 Å². The number of hydrogen-bond acceptors (Lipinski definition) is 6. The number of nitrogens with zero attached hydrogens (tertiary/aromatic N) is 3. The van der Waals surface area contributed by atoms with Crippen LogP contribution in [0.25, 0.3) is 0 Å². The van der Waals surface area contributed by atoms with E-state index in [1.54, 1.807) is 30.5 Å². The van der Waals surface area contributed by atoms with E-state index in [0.717, 1.165) is 0 Å². The summed E-state index contributed by atoms with van der Waals surface area (Å²) in [5, 5.41) is 3.02. The van der Waals surface area contributed by atoms with Gasteiger partial charge in [-0.15, -0.1) is 0 Å². The van der Waals surface area contributed by atoms with E-state index in [1.165, 1.54) is 6.07 Å². The Kier molecular flexibility index (Phi) is 5.17. The van der Waals surface area contributed by atoms with Gasteiger partial charge < -0.3 is 10.2 Å². The number of hydrogen-bond donors (Lipinski definition) is 1. The Balaban J connectivity index is 1.73. The largest absolute Gasteiger partial charge is 0.353 e. The van der Waals surface area contributed by atoms with Crippen molar-refractivity contribution in [1.29, 1.82) is 0 Å². The summed E-state index contributed by atoms with van der Waals surface area (Å²) in [6.45, 7) is 2.91. The minimum atomic E-state index is -2.96. The topological polar surface area (TPSA) is 75.2 Å². The zero-order valence-corrected chi connectivity index (χ0v) is 14.8. The zero-order chi connectivity index (χ0) is 17.9. The van der Waals surface area contributed by atoms with Gasteiger partial charge in [0.15, 0.2) is 9.84 Å². The number of benzene rings is 1. The summed E-state index contributed by atoms with van der Waals surface area (Å²) in [5.41, 5.74) is 0.533. The Morgan fingerprint density at radius 1 is 1.32 bits per heavy atom. The highest BCUT2D eigenvalue weighted by atomic mass is 32.2. The molecule has 25 heavy (non-hydrogen) atoms. The molecule has 1 atom stereocenters. The molecule has 1 fully saturated rings. The van der Waals surface area contributed by atoms with Gasteiger partial charge in [-0.1, -0.05) is 18.2 Å². The van der Waals surface area contributed by atoms with E-state index in [4.69, 9.17) is 0 Å². The van der Waals surface area contributed by atoms with E-state index in [9.17, 15) is 12.8 Å². The number of nitrogens with one attached hydrogen (secondary N) is 1. The normalized spacial score (nSPS) is 18.9. The van der Waals surface area contributed by atoms with Crippen molar-refractivity contribution in [2.45, 2.75) is 25.9 Å². The van der Waals surface area contributed by atoms with Gasteiger partial charge in [-0.2, -0.15) is 4.98 Å². The maximum Gasteiger partial charge on any atom is 0.224 e. The van der Waals surface area contributed by atoms with Crippen LogP contribution < -0.4 is 10.2 Å². The molecule has 1 unspecified atom stereocenters. The minimum absolute atomic E-state index is 0.0654. The van der Waals surface area contributed by atoms with Crippen molar-refractivity contribution in [1.82, 2.24) is 9.97 Å². The molecule has 1 aliphatic heterocycles. The lowest BCUT2D eigenvalue weighted by Gasteiger charge is -2.28. The van der Waals surface area contributed by atoms with Crippen LogP contribution >= 0.6 is 0 Å². The van der Waals surface area contributed by atoms with Crippen molar-refractivity contribution >= 4 is 21.6 Å². The highest BCUT2D eigenvalue weighted by Crippen LogP contribution is 2.23. The van der Waals surface area contributed by atoms with Crippen molar-refractivity contribution in [3.05, 3.63) is 47.9 Å². The zero-order valence-electron chi connectivity index (χ0n) is 14.0. The summed E-state index contributed by atoms with van der Waals surface area (Å²) in [5.74, 6) is 1.16. The molecule has 1 aliphatic rings. The van der Waals surface area contributed by atoms with E-state index in [1.807, 2.05) is 11.8 Å². The van der Waals surface area contributed by atoms with Gasteiger partial charge in [-0.25, -0.2) is 17.8 Å². The molecule has 2 aromatic rings. The number of rotatable bonds is 6. The Hall–Kier alpha value is -2.22. The third-order valence-electron chi connectivity index (χ3n) is 4.32. The van der Waals surface area contributed by atoms with Crippen LogP contribution in [0.3, 0.4) is 0 Å². The number of halogens is 1. The van der Waals surface area contributed by atoms with E-state index in [-0.39, 0.29) is 29.9 Å². The first kappa shape index (κ1) is 17.6. The summed E-state index contributed by atoms with van der Waals surface area (Å²) in [4.78, 5) is 10.6. The average Bonchev–Trinajstić information content (AvgIpc) is 2.95. The van der Waals surface area contributed by atoms with Crippen LogP contribution in [0, 0.1) is 5.82 Å². The van der Waals surface area contributed by atoms with Crippen molar-refractivity contribution in [2.24, 2.45) is 0 Å². The van der Waals surface area contributed by atoms with Crippen molar-refractivity contribution < 1.29 is 12.8 Å². The first-order valence-corrected chi connectivity index (χ1v) is 10.1. The van der Waals surface area contributed by atoms with Gasteiger partial charge in [0, 0.05) is 30.9 Å². The van der Waals surface area contributed by atoms with Crippen LogP contribution in [-0.2, 0) is 16.4 Å². The molecule has 134 valence electrons. The molecule has 0 spiro atoms. The van der Waals surface area contributed by atoms with Crippen LogP contribution in [0.4, 0.5) is 16.2 Å². The molecule has 0 amide bonds. The van der Waals surface area contributed by atoms with E-state index in [2.05, 4.69) is 15.3 Å². The van der Waals surface area contributed by atoms with Crippen molar-refractivity contribution in [2.75, 3.05) is 28.3 Å². The summed E-state index contributed by atoms with van der Waals surface area (Å²) in [7, 11) is -2.96. The fraction of sp³-hybridized carbons (Fsp3) is 0.412. The van der Waals surface area contributed by atoms with Gasteiger partial charge in [-0.3, -0.25) is 0 Å². The molecule has 1 N–H and O–H groups in total. The Morgan fingerprint density at radius 2 is 2.12 bits per heavy atom. The summed E-state index contributed by atoms with van der Waals surface area (Å²) >= 11 is 0. The first-order valence-electron chi connectivity index (χ1n) is 8.26. The molecular formula is C17H21FN4O2S. The van der Waals surface area contributed by atoms with Crippen LogP contribution in [-0.4, -0.2) is 42.5 Å². The number of anilines is 2. The average molecular weight is 364 g/mol. The van der Waals surface area contributed by atoms with Gasteiger partial charge in [0.2, 0.25) is 5.95 Å². The second-order valence-corrected chi connectivity index (χ2v) is 8.26. The quantitative estimate of drug-likeness (QED) is 0.847. The third-order valence-corrected chi connectivity index (χ3v) is 6.07. The highest BCUT2D eigenvalue weighted by molar-refractivity contribution is 7.91. The Morgan fingerprint density at radius 3 is 2.80 bits per heavy atom. The van der Waals surface area contributed by atoms with Crippen LogP contribution in [0.15, 0.2) is 36.5 Å². The second-order valence-electron chi connectivity index (χ2n) is 6.03. The van der Waals surface area contributed by atoms with E-state index in [0.29, 0.717) is 30.3 Å². The van der Waals surface area contributed by atoms with Gasteiger partial charge in [0.25, 0.3) is 0 Å². The lowest BCUT2D eigenvalue weighted by Crippen LogP contribution is -2.36. The molecule has 1 aromatic carbocycles. The van der Waals surface area contributed by atoms with E-state index >= 15 is 0 Å². The van der Waals surface area contributed by atoms with Gasteiger partial charge in [0.1, 0.15) is 11.6 Å². The lowest BCUT2D eigenvalue weighted by molar-refractivity contribution is 0.599. The molecule has 0 saturated carbocycles. The van der Waals surface area contributed by atoms with Gasteiger partial charge in [0.05, 0.1) is 11.5 Å². The maximum atomic E-state index is 13.7. The van der Waals surface area contributed by atoms with Crippen LogP contribution in [0.5, 0.6) is 0 Å². The molecule has 0 aliphatic carbocycles. The van der Waals surface area contributed by atoms with Crippen molar-refractivity contribution in [3.63, 3.8) is 0 Å².